The average molecular weight is 305 g/mol. The van der Waals surface area contributed by atoms with Crippen molar-refractivity contribution in [3.8, 4) is 11.5 Å². The zero-order chi connectivity index (χ0) is 15.1. The van der Waals surface area contributed by atoms with Crippen LogP contribution in [0.3, 0.4) is 0 Å². The molecule has 3 N–H and O–H groups in total. The molecule has 1 unspecified atom stereocenters. The van der Waals surface area contributed by atoms with Crippen molar-refractivity contribution in [2.45, 2.75) is 11.0 Å². The van der Waals surface area contributed by atoms with Crippen LogP contribution in [0.25, 0.3) is 0 Å². The van der Waals surface area contributed by atoms with Crippen LogP contribution in [0.15, 0.2) is 53.4 Å². The first-order valence-electron chi connectivity index (χ1n) is 6.61. The van der Waals surface area contributed by atoms with E-state index in [-0.39, 0.29) is 13.2 Å². The summed E-state index contributed by atoms with van der Waals surface area (Å²) in [6.45, 7) is 0.338. The Morgan fingerprint density at radius 1 is 1.10 bits per heavy atom. The Balaban J connectivity index is 1.81. The molecule has 0 spiro atoms. The number of benzene rings is 2. The second-order valence-electron chi connectivity index (χ2n) is 4.50. The summed E-state index contributed by atoms with van der Waals surface area (Å²) in [7, 11) is 0. The van der Waals surface area contributed by atoms with Crippen molar-refractivity contribution in [2.24, 2.45) is 0 Å². The van der Waals surface area contributed by atoms with Crippen LogP contribution in [-0.2, 0) is 0 Å². The highest BCUT2D eigenvalue weighted by atomic mass is 32.2. The van der Waals surface area contributed by atoms with E-state index in [0.29, 0.717) is 11.4 Å². The van der Waals surface area contributed by atoms with E-state index < -0.39 is 6.10 Å². The fourth-order valence-corrected chi connectivity index (χ4v) is 2.31. The minimum absolute atomic E-state index is 0.158. The van der Waals surface area contributed by atoms with Gasteiger partial charge in [0.1, 0.15) is 30.8 Å². The highest BCUT2D eigenvalue weighted by molar-refractivity contribution is 7.98. The second kappa shape index (κ2) is 7.81. The third-order valence-corrected chi connectivity index (χ3v) is 3.58. The summed E-state index contributed by atoms with van der Waals surface area (Å²) in [6, 6.07) is 14.8. The standard InChI is InChI=1S/C16H19NO3S/c1-21-16-8-3-2-7-15(16)20-11-13(18)10-19-14-6-4-5-12(17)9-14/h2-9,13,18H,10-11,17H2,1H3. The first-order valence-corrected chi connectivity index (χ1v) is 7.83. The van der Waals surface area contributed by atoms with Gasteiger partial charge in [-0.2, -0.15) is 0 Å². The molecule has 112 valence electrons. The highest BCUT2D eigenvalue weighted by Gasteiger charge is 2.08. The quantitative estimate of drug-likeness (QED) is 0.608. The molecule has 0 saturated carbocycles. The van der Waals surface area contributed by atoms with E-state index in [1.165, 1.54) is 0 Å². The van der Waals surface area contributed by atoms with E-state index >= 15 is 0 Å². The van der Waals surface area contributed by atoms with E-state index in [1.807, 2.05) is 36.6 Å². The molecule has 0 heterocycles. The topological polar surface area (TPSA) is 64.7 Å². The van der Waals surface area contributed by atoms with Crippen molar-refractivity contribution in [3.05, 3.63) is 48.5 Å². The number of nitrogens with two attached hydrogens (primary N) is 1. The SMILES string of the molecule is CSc1ccccc1OCC(O)COc1cccc(N)c1. The van der Waals surface area contributed by atoms with Gasteiger partial charge in [0, 0.05) is 16.6 Å². The molecule has 2 aromatic rings. The normalized spacial score (nSPS) is 11.9. The van der Waals surface area contributed by atoms with Gasteiger partial charge in [-0.25, -0.2) is 0 Å². The van der Waals surface area contributed by atoms with E-state index in [1.54, 1.807) is 30.0 Å². The number of rotatable bonds is 7. The summed E-state index contributed by atoms with van der Waals surface area (Å²) in [5.41, 5.74) is 6.29. The zero-order valence-corrected chi connectivity index (χ0v) is 12.7. The molecule has 0 fully saturated rings. The maximum Gasteiger partial charge on any atom is 0.132 e. The molecular formula is C16H19NO3S. The van der Waals surface area contributed by atoms with Gasteiger partial charge in [-0.15, -0.1) is 11.8 Å². The summed E-state index contributed by atoms with van der Waals surface area (Å²) in [6.07, 6.45) is 1.28. The lowest BCUT2D eigenvalue weighted by Gasteiger charge is -2.15. The minimum Gasteiger partial charge on any atom is -0.491 e. The maximum absolute atomic E-state index is 9.92. The number of anilines is 1. The monoisotopic (exact) mass is 305 g/mol. The lowest BCUT2D eigenvalue weighted by molar-refractivity contribution is 0.0617. The number of hydrogen-bond donors (Lipinski definition) is 2. The third-order valence-electron chi connectivity index (χ3n) is 2.80. The summed E-state index contributed by atoms with van der Waals surface area (Å²) in [4.78, 5) is 1.04. The van der Waals surface area contributed by atoms with Crippen molar-refractivity contribution in [3.63, 3.8) is 0 Å². The molecule has 0 aliphatic carbocycles. The van der Waals surface area contributed by atoms with Crippen LogP contribution in [0.2, 0.25) is 0 Å². The number of thioether (sulfide) groups is 1. The molecule has 2 rings (SSSR count). The Morgan fingerprint density at radius 3 is 2.62 bits per heavy atom. The molecular weight excluding hydrogens is 286 g/mol. The van der Waals surface area contributed by atoms with Gasteiger partial charge < -0.3 is 20.3 Å². The Kier molecular flexibility index (Phi) is 5.78. The van der Waals surface area contributed by atoms with Crippen molar-refractivity contribution in [1.29, 1.82) is 0 Å². The van der Waals surface area contributed by atoms with Crippen molar-refractivity contribution in [2.75, 3.05) is 25.2 Å². The largest absolute Gasteiger partial charge is 0.491 e. The van der Waals surface area contributed by atoms with Gasteiger partial charge in [0.05, 0.1) is 0 Å². The molecule has 0 saturated heterocycles. The number of para-hydroxylation sites is 1. The van der Waals surface area contributed by atoms with E-state index in [2.05, 4.69) is 0 Å². The Hall–Kier alpha value is -1.85. The van der Waals surface area contributed by atoms with Crippen molar-refractivity contribution >= 4 is 17.4 Å². The predicted octanol–water partition coefficient (Wildman–Crippen LogP) is 2.81. The van der Waals surface area contributed by atoms with Gasteiger partial charge in [-0.05, 0) is 30.5 Å². The minimum atomic E-state index is -0.707. The van der Waals surface area contributed by atoms with Crippen molar-refractivity contribution in [1.82, 2.24) is 0 Å². The smallest absolute Gasteiger partial charge is 0.132 e. The molecule has 0 bridgehead atoms. The van der Waals surface area contributed by atoms with Gasteiger partial charge in [0.15, 0.2) is 0 Å². The first-order chi connectivity index (χ1) is 10.2. The van der Waals surface area contributed by atoms with Crippen molar-refractivity contribution < 1.29 is 14.6 Å². The summed E-state index contributed by atoms with van der Waals surface area (Å²) in [5.74, 6) is 1.41. The molecule has 0 amide bonds. The fraction of sp³-hybridized carbons (Fsp3) is 0.250. The van der Waals surface area contributed by atoms with E-state index in [0.717, 1.165) is 10.6 Å². The molecule has 0 aromatic heterocycles. The number of nitrogen functional groups attached to an aromatic ring is 1. The Labute approximate surface area is 128 Å². The summed E-state index contributed by atoms with van der Waals surface area (Å²) in [5, 5.41) is 9.92. The van der Waals surface area contributed by atoms with E-state index in [4.69, 9.17) is 15.2 Å². The van der Waals surface area contributed by atoms with Gasteiger partial charge in [0.2, 0.25) is 0 Å². The molecule has 0 aliphatic heterocycles. The van der Waals surface area contributed by atoms with Gasteiger partial charge in [-0.1, -0.05) is 18.2 Å². The lowest BCUT2D eigenvalue weighted by Crippen LogP contribution is -2.25. The lowest BCUT2D eigenvalue weighted by atomic mass is 10.3. The number of ether oxygens (including phenoxy) is 2. The average Bonchev–Trinajstić information content (AvgIpc) is 2.51. The molecule has 0 aliphatic rings. The van der Waals surface area contributed by atoms with Crippen LogP contribution in [0.5, 0.6) is 11.5 Å². The van der Waals surface area contributed by atoms with Crippen LogP contribution < -0.4 is 15.2 Å². The zero-order valence-electron chi connectivity index (χ0n) is 11.9. The first kappa shape index (κ1) is 15.5. The van der Waals surface area contributed by atoms with Gasteiger partial charge in [-0.3, -0.25) is 0 Å². The molecule has 21 heavy (non-hydrogen) atoms. The van der Waals surface area contributed by atoms with E-state index in [9.17, 15) is 5.11 Å². The van der Waals surface area contributed by atoms with Crippen LogP contribution in [0, 0.1) is 0 Å². The highest BCUT2D eigenvalue weighted by Crippen LogP contribution is 2.26. The van der Waals surface area contributed by atoms with Crippen LogP contribution >= 0.6 is 11.8 Å². The number of hydrogen-bond acceptors (Lipinski definition) is 5. The summed E-state index contributed by atoms with van der Waals surface area (Å²) >= 11 is 1.61. The molecule has 4 nitrogen and oxygen atoms in total. The van der Waals surface area contributed by atoms with Crippen LogP contribution in [-0.4, -0.2) is 30.7 Å². The molecule has 2 aromatic carbocycles. The predicted molar refractivity (Wildman–Crippen MR) is 86.1 cm³/mol. The molecule has 5 heteroatoms. The molecule has 1 atom stereocenters. The second-order valence-corrected chi connectivity index (χ2v) is 5.35. The Bertz CT molecular complexity index is 577. The fourth-order valence-electron chi connectivity index (χ4n) is 1.77. The maximum atomic E-state index is 9.92. The van der Waals surface area contributed by atoms with Crippen LogP contribution in [0.1, 0.15) is 0 Å². The van der Waals surface area contributed by atoms with Gasteiger partial charge >= 0.3 is 0 Å². The number of aliphatic hydroxyl groups is 1. The Morgan fingerprint density at radius 2 is 1.86 bits per heavy atom. The number of aliphatic hydroxyl groups excluding tert-OH is 1. The van der Waals surface area contributed by atoms with Gasteiger partial charge in [0.25, 0.3) is 0 Å². The third kappa shape index (κ3) is 4.88. The van der Waals surface area contributed by atoms with Crippen LogP contribution in [0.4, 0.5) is 5.69 Å². The molecule has 0 radical (unpaired) electrons. The summed E-state index contributed by atoms with van der Waals surface area (Å²) < 4.78 is 11.1.